The molecule has 0 aliphatic carbocycles. The van der Waals surface area contributed by atoms with Crippen LogP contribution < -0.4 is 20.3 Å². The third kappa shape index (κ3) is 7.44. The molecule has 2 saturated heterocycles. The largest absolute Gasteiger partial charge is 0.457 e. The van der Waals surface area contributed by atoms with Gasteiger partial charge in [-0.25, -0.2) is 14.4 Å². The summed E-state index contributed by atoms with van der Waals surface area (Å²) in [6.07, 6.45) is 3.53. The van der Waals surface area contributed by atoms with Gasteiger partial charge in [0.2, 0.25) is 11.8 Å². The van der Waals surface area contributed by atoms with Crippen molar-refractivity contribution in [2.24, 2.45) is 0 Å². The number of aromatic nitrogens is 3. The maximum Gasteiger partial charge on any atom is 0.262 e. The molecule has 14 nitrogen and oxygen atoms in total. The highest BCUT2D eigenvalue weighted by Gasteiger charge is 2.44. The van der Waals surface area contributed by atoms with E-state index in [1.807, 2.05) is 30.3 Å². The number of benzene rings is 4. The lowest BCUT2D eigenvalue weighted by Gasteiger charge is -2.36. The van der Waals surface area contributed by atoms with Gasteiger partial charge < -0.3 is 19.9 Å². The first-order valence-corrected chi connectivity index (χ1v) is 19.8. The maximum atomic E-state index is 15.6. The number of piperidine rings is 1. The van der Waals surface area contributed by atoms with Crippen molar-refractivity contribution in [3.05, 3.63) is 136 Å². The summed E-state index contributed by atoms with van der Waals surface area (Å²) >= 11 is 6.58. The number of carbonyl (C=O) groups is 5. The molecule has 2 aromatic heterocycles. The number of ketones is 1. The molecule has 302 valence electrons. The average Bonchev–Trinajstić information content (AvgIpc) is 3.79. The van der Waals surface area contributed by atoms with Crippen molar-refractivity contribution in [1.82, 2.24) is 30.1 Å². The van der Waals surface area contributed by atoms with E-state index in [-0.39, 0.29) is 46.2 Å². The zero-order valence-electron chi connectivity index (χ0n) is 31.9. The topological polar surface area (TPSA) is 170 Å². The molecular weight excluding hydrogens is 791 g/mol. The molecule has 60 heavy (non-hydrogen) atoms. The SMILES string of the molecule is O=C1CCC(N2C(=O)c3ccc(N4CCN(CCc5ccc(Nc6ncnc7[nH]cc(C(=O)c8ccc(Oc9ccccc9)cc8Cl)c67)cc5F)CC4)cc3C2=O)C(=O)N1. The van der Waals surface area contributed by atoms with Crippen molar-refractivity contribution in [2.75, 3.05) is 42.9 Å². The minimum absolute atomic E-state index is 0.0580. The van der Waals surface area contributed by atoms with E-state index in [0.29, 0.717) is 84.3 Å². The Morgan fingerprint density at radius 2 is 1.67 bits per heavy atom. The Kier molecular flexibility index (Phi) is 10.3. The summed E-state index contributed by atoms with van der Waals surface area (Å²) in [6.45, 7) is 3.33. The highest BCUT2D eigenvalue weighted by Crippen LogP contribution is 2.34. The first-order chi connectivity index (χ1) is 29.1. The molecule has 2 fully saturated rings. The zero-order valence-corrected chi connectivity index (χ0v) is 32.7. The molecule has 4 amide bonds. The van der Waals surface area contributed by atoms with Crippen molar-refractivity contribution >= 4 is 69.2 Å². The van der Waals surface area contributed by atoms with Gasteiger partial charge >= 0.3 is 0 Å². The van der Waals surface area contributed by atoms with Gasteiger partial charge in [-0.05, 0) is 73.0 Å². The zero-order chi connectivity index (χ0) is 41.5. The molecule has 6 aromatic rings. The fourth-order valence-electron chi connectivity index (χ4n) is 7.88. The fraction of sp³-hybridized carbons (Fsp3) is 0.205. The van der Waals surface area contributed by atoms with Gasteiger partial charge in [-0.1, -0.05) is 35.9 Å². The van der Waals surface area contributed by atoms with Crippen LogP contribution >= 0.6 is 11.6 Å². The van der Waals surface area contributed by atoms with Gasteiger partial charge in [-0.3, -0.25) is 39.1 Å². The standard InChI is InChI=1S/C44H36ClFN8O6/c45-34-22-29(60-28-4-2-1-3-5-28)9-11-31(34)39(56)33-23-47-40-38(33)41(49-24-48-40)50-26-7-6-25(35(46)20-26)14-15-52-16-18-53(19-17-52)27-8-10-30-32(21-27)44(59)54(43(30)58)36-12-13-37(55)51-42(36)57/h1-11,20-24,36H,12-19H2,(H,51,55,57)(H2,47,48,49,50). The Bertz CT molecular complexity index is 2720. The fourth-order valence-corrected chi connectivity index (χ4v) is 8.13. The van der Waals surface area contributed by atoms with E-state index < -0.39 is 29.7 Å². The second kappa shape index (κ2) is 16.0. The molecule has 16 heteroatoms. The van der Waals surface area contributed by atoms with Crippen LogP contribution in [0.15, 0.2) is 97.5 Å². The number of H-pyrrole nitrogens is 1. The van der Waals surface area contributed by atoms with Crippen molar-refractivity contribution in [1.29, 1.82) is 0 Å². The molecule has 9 rings (SSSR count). The first kappa shape index (κ1) is 38.5. The van der Waals surface area contributed by atoms with E-state index >= 15 is 4.39 Å². The number of carbonyl (C=O) groups excluding carboxylic acids is 5. The number of fused-ring (bicyclic) bond motifs is 2. The van der Waals surface area contributed by atoms with E-state index in [0.717, 1.165) is 10.6 Å². The summed E-state index contributed by atoms with van der Waals surface area (Å²) in [5, 5.41) is 6.02. The molecule has 0 spiro atoms. The van der Waals surface area contributed by atoms with Crippen LogP contribution in [0.2, 0.25) is 5.02 Å². The predicted molar refractivity (Wildman–Crippen MR) is 220 cm³/mol. The van der Waals surface area contributed by atoms with E-state index in [4.69, 9.17) is 16.3 Å². The molecule has 3 aliphatic rings. The molecule has 0 radical (unpaired) electrons. The van der Waals surface area contributed by atoms with Crippen molar-refractivity contribution in [2.45, 2.75) is 25.3 Å². The normalized spacial score (nSPS) is 16.9. The lowest BCUT2D eigenvalue weighted by Crippen LogP contribution is -2.54. The molecule has 5 heterocycles. The third-order valence-electron chi connectivity index (χ3n) is 11.1. The number of para-hydroxylation sites is 1. The van der Waals surface area contributed by atoms with Crippen LogP contribution in [0.1, 0.15) is 55.0 Å². The summed E-state index contributed by atoms with van der Waals surface area (Å²) in [6, 6.07) is 23.1. The number of hydrogen-bond donors (Lipinski definition) is 3. The van der Waals surface area contributed by atoms with Crippen LogP contribution in [-0.4, -0.2) is 92.9 Å². The van der Waals surface area contributed by atoms with Gasteiger partial charge in [-0.2, -0.15) is 0 Å². The number of amides is 4. The van der Waals surface area contributed by atoms with Gasteiger partial charge in [0.25, 0.3) is 11.8 Å². The van der Waals surface area contributed by atoms with Crippen LogP contribution in [0, 0.1) is 5.82 Å². The van der Waals surface area contributed by atoms with E-state index in [9.17, 15) is 24.0 Å². The molecule has 1 atom stereocenters. The molecule has 3 aliphatic heterocycles. The van der Waals surface area contributed by atoms with Crippen molar-refractivity contribution in [3.8, 4) is 11.5 Å². The highest BCUT2D eigenvalue weighted by molar-refractivity contribution is 6.36. The molecular formula is C44H36ClFN8O6. The first-order valence-electron chi connectivity index (χ1n) is 19.4. The number of ether oxygens (including phenoxy) is 1. The molecule has 0 saturated carbocycles. The number of imide groups is 2. The number of hydrogen-bond acceptors (Lipinski definition) is 11. The molecule has 0 bridgehead atoms. The lowest BCUT2D eigenvalue weighted by molar-refractivity contribution is -0.136. The molecule has 3 N–H and O–H groups in total. The Hall–Kier alpha value is -6.97. The minimum atomic E-state index is -1.02. The molecule has 4 aromatic carbocycles. The number of piperazine rings is 1. The number of nitrogens with one attached hydrogen (secondary N) is 3. The summed E-state index contributed by atoms with van der Waals surface area (Å²) in [5.41, 5.74) is 3.24. The van der Waals surface area contributed by atoms with Gasteiger partial charge in [0, 0.05) is 68.3 Å². The smallest absolute Gasteiger partial charge is 0.262 e. The minimum Gasteiger partial charge on any atom is -0.457 e. The van der Waals surface area contributed by atoms with E-state index in [1.54, 1.807) is 54.7 Å². The number of nitrogens with zero attached hydrogens (tertiary/aromatic N) is 5. The average molecular weight is 827 g/mol. The maximum absolute atomic E-state index is 15.6. The second-order valence-electron chi connectivity index (χ2n) is 14.7. The summed E-state index contributed by atoms with van der Waals surface area (Å²) in [5.74, 6) is -1.45. The monoisotopic (exact) mass is 826 g/mol. The highest BCUT2D eigenvalue weighted by atomic mass is 35.5. The number of rotatable bonds is 11. The summed E-state index contributed by atoms with van der Waals surface area (Å²) < 4.78 is 21.4. The Morgan fingerprint density at radius 1 is 0.867 bits per heavy atom. The number of aromatic amines is 1. The van der Waals surface area contributed by atoms with Crippen molar-refractivity contribution in [3.63, 3.8) is 0 Å². The Balaban J connectivity index is 0.815. The van der Waals surface area contributed by atoms with Gasteiger partial charge in [0.05, 0.1) is 27.1 Å². The number of halogens is 2. The van der Waals surface area contributed by atoms with Gasteiger partial charge in [-0.15, -0.1) is 0 Å². The van der Waals surface area contributed by atoms with Gasteiger partial charge in [0.1, 0.15) is 41.2 Å². The quantitative estimate of drug-likeness (QED) is 0.0993. The number of anilines is 3. The van der Waals surface area contributed by atoms with E-state index in [2.05, 4.69) is 35.4 Å². The van der Waals surface area contributed by atoms with Crippen LogP contribution in [0.5, 0.6) is 11.5 Å². The van der Waals surface area contributed by atoms with E-state index in [1.165, 1.54) is 12.4 Å². The van der Waals surface area contributed by atoms with Crippen LogP contribution in [0.3, 0.4) is 0 Å². The summed E-state index contributed by atoms with van der Waals surface area (Å²) in [4.78, 5) is 81.3. The molecule has 1 unspecified atom stereocenters. The Morgan fingerprint density at radius 3 is 2.43 bits per heavy atom. The van der Waals surface area contributed by atoms with Crippen molar-refractivity contribution < 1.29 is 33.1 Å². The van der Waals surface area contributed by atoms with Crippen LogP contribution in [0.25, 0.3) is 11.0 Å². The van der Waals surface area contributed by atoms with Gasteiger partial charge in [0.15, 0.2) is 5.78 Å². The summed E-state index contributed by atoms with van der Waals surface area (Å²) in [7, 11) is 0. The van der Waals surface area contributed by atoms with Crippen LogP contribution in [-0.2, 0) is 16.0 Å². The Labute approximate surface area is 347 Å². The lowest BCUT2D eigenvalue weighted by atomic mass is 10.0. The third-order valence-corrected chi connectivity index (χ3v) is 11.4. The predicted octanol–water partition coefficient (Wildman–Crippen LogP) is 6.28. The second-order valence-corrected chi connectivity index (χ2v) is 15.1. The van der Waals surface area contributed by atoms with Crippen LogP contribution in [0.4, 0.5) is 21.6 Å².